The first-order valence-corrected chi connectivity index (χ1v) is 7.04. The summed E-state index contributed by atoms with van der Waals surface area (Å²) in [5.41, 5.74) is 3.74. The van der Waals surface area contributed by atoms with Crippen molar-refractivity contribution in [1.82, 2.24) is 19.7 Å². The number of aromatic nitrogens is 3. The molecule has 0 aromatic carbocycles. The molecule has 2 rings (SSSR count). The van der Waals surface area contributed by atoms with Crippen LogP contribution in [0.1, 0.15) is 43.8 Å². The van der Waals surface area contributed by atoms with Gasteiger partial charge in [0.25, 0.3) is 0 Å². The van der Waals surface area contributed by atoms with Crippen LogP contribution in [-0.2, 0) is 20.0 Å². The molecule has 2 aromatic rings. The van der Waals surface area contributed by atoms with E-state index in [-0.39, 0.29) is 0 Å². The summed E-state index contributed by atoms with van der Waals surface area (Å²) in [7, 11) is 2.01. The Bertz CT molecular complexity index is 524. The van der Waals surface area contributed by atoms with E-state index in [0.717, 1.165) is 25.2 Å². The van der Waals surface area contributed by atoms with E-state index in [1.165, 1.54) is 11.3 Å². The minimum atomic E-state index is 0.406. The van der Waals surface area contributed by atoms with Crippen LogP contribution >= 0.6 is 0 Å². The van der Waals surface area contributed by atoms with Crippen molar-refractivity contribution in [2.75, 3.05) is 6.54 Å². The largest absolute Gasteiger partial charge is 0.348 e. The monoisotopic (exact) mass is 260 g/mol. The smallest absolute Gasteiger partial charge is 0.0639 e. The van der Waals surface area contributed by atoms with Gasteiger partial charge in [-0.25, -0.2) is 0 Å². The lowest BCUT2D eigenvalue weighted by atomic mass is 10.2. The Balaban J connectivity index is 2.08. The van der Waals surface area contributed by atoms with Gasteiger partial charge in [-0.15, -0.1) is 0 Å². The van der Waals surface area contributed by atoms with E-state index in [9.17, 15) is 0 Å². The molecule has 19 heavy (non-hydrogen) atoms. The van der Waals surface area contributed by atoms with Gasteiger partial charge in [0.05, 0.1) is 17.9 Å². The van der Waals surface area contributed by atoms with Crippen LogP contribution in [0.2, 0.25) is 0 Å². The molecule has 0 fully saturated rings. The normalized spacial score (nSPS) is 12.8. The van der Waals surface area contributed by atoms with Crippen LogP contribution in [0.25, 0.3) is 0 Å². The highest BCUT2D eigenvalue weighted by atomic mass is 15.3. The average Bonchev–Trinajstić information content (AvgIpc) is 2.98. The molecule has 1 N–H and O–H groups in total. The molecule has 2 aromatic heterocycles. The first-order valence-electron chi connectivity index (χ1n) is 7.04. The fraction of sp³-hybridized carbons (Fsp3) is 0.533. The molecule has 1 unspecified atom stereocenters. The molecule has 0 amide bonds. The van der Waals surface area contributed by atoms with Gasteiger partial charge in [0, 0.05) is 25.5 Å². The molecule has 0 radical (unpaired) electrons. The van der Waals surface area contributed by atoms with Crippen LogP contribution in [0.3, 0.4) is 0 Å². The van der Waals surface area contributed by atoms with E-state index >= 15 is 0 Å². The molecule has 104 valence electrons. The number of aryl methyl sites for hydroxylation is 2. The summed E-state index contributed by atoms with van der Waals surface area (Å²) in [6.07, 6.45) is 5.34. The fourth-order valence-electron chi connectivity index (χ4n) is 2.32. The van der Waals surface area contributed by atoms with Crippen molar-refractivity contribution in [2.45, 2.75) is 39.8 Å². The molecule has 4 nitrogen and oxygen atoms in total. The highest BCUT2D eigenvalue weighted by molar-refractivity contribution is 5.17. The number of rotatable bonds is 6. The maximum absolute atomic E-state index is 4.49. The highest BCUT2D eigenvalue weighted by Crippen LogP contribution is 2.14. The molecule has 0 saturated carbocycles. The van der Waals surface area contributed by atoms with Gasteiger partial charge in [-0.05, 0) is 37.6 Å². The van der Waals surface area contributed by atoms with Crippen molar-refractivity contribution in [3.8, 4) is 0 Å². The molecule has 0 spiro atoms. The number of nitrogens with one attached hydrogen (secondary N) is 1. The Labute approximate surface area is 115 Å². The molecule has 2 heterocycles. The van der Waals surface area contributed by atoms with E-state index in [0.29, 0.717) is 6.04 Å². The van der Waals surface area contributed by atoms with Crippen LogP contribution in [0, 0.1) is 0 Å². The third-order valence-corrected chi connectivity index (χ3v) is 3.52. The average molecular weight is 260 g/mol. The number of hydrogen-bond donors (Lipinski definition) is 1. The minimum Gasteiger partial charge on any atom is -0.348 e. The maximum Gasteiger partial charge on any atom is 0.0639 e. The summed E-state index contributed by atoms with van der Waals surface area (Å²) in [5.74, 6) is 0. The molecule has 0 bridgehead atoms. The number of hydrogen-bond acceptors (Lipinski definition) is 2. The Morgan fingerprint density at radius 3 is 2.79 bits per heavy atom. The van der Waals surface area contributed by atoms with Crippen LogP contribution in [0.4, 0.5) is 0 Å². The Morgan fingerprint density at radius 1 is 1.37 bits per heavy atom. The second-order valence-corrected chi connectivity index (χ2v) is 5.00. The molecule has 0 aliphatic heterocycles. The summed E-state index contributed by atoms with van der Waals surface area (Å²) in [6, 6.07) is 4.78. The van der Waals surface area contributed by atoms with Gasteiger partial charge in [-0.3, -0.25) is 4.68 Å². The summed E-state index contributed by atoms with van der Waals surface area (Å²) in [6.45, 7) is 8.34. The summed E-state index contributed by atoms with van der Waals surface area (Å²) < 4.78 is 4.20. The quantitative estimate of drug-likeness (QED) is 0.866. The van der Waals surface area contributed by atoms with E-state index < -0.39 is 0 Å². The minimum absolute atomic E-state index is 0.406. The van der Waals surface area contributed by atoms with Crippen molar-refractivity contribution >= 4 is 0 Å². The zero-order valence-electron chi connectivity index (χ0n) is 12.3. The van der Waals surface area contributed by atoms with Crippen molar-refractivity contribution < 1.29 is 0 Å². The van der Waals surface area contributed by atoms with Gasteiger partial charge >= 0.3 is 0 Å². The third kappa shape index (κ3) is 3.26. The maximum atomic E-state index is 4.49. The highest BCUT2D eigenvalue weighted by Gasteiger charge is 2.08. The Hall–Kier alpha value is -1.55. The predicted molar refractivity (Wildman–Crippen MR) is 78.2 cm³/mol. The number of nitrogens with zero attached hydrogens (tertiary/aromatic N) is 3. The fourth-order valence-corrected chi connectivity index (χ4v) is 2.32. The van der Waals surface area contributed by atoms with Crippen LogP contribution in [0.15, 0.2) is 24.5 Å². The van der Waals surface area contributed by atoms with E-state index in [4.69, 9.17) is 0 Å². The van der Waals surface area contributed by atoms with Crippen molar-refractivity contribution in [2.24, 2.45) is 7.05 Å². The zero-order chi connectivity index (χ0) is 13.8. The molecule has 0 aliphatic rings. The molecular weight excluding hydrogens is 236 g/mol. The molecule has 1 atom stereocenters. The SMILES string of the molecule is CCNC(C)c1ccn(Cc2cc(CC)nn2C)c1. The van der Waals surface area contributed by atoms with Crippen molar-refractivity contribution in [3.63, 3.8) is 0 Å². The van der Waals surface area contributed by atoms with Crippen LogP contribution < -0.4 is 5.32 Å². The van der Waals surface area contributed by atoms with Crippen molar-refractivity contribution in [1.29, 1.82) is 0 Å². The van der Waals surface area contributed by atoms with Gasteiger partial charge in [0.2, 0.25) is 0 Å². The van der Waals surface area contributed by atoms with Crippen LogP contribution in [-0.4, -0.2) is 20.9 Å². The summed E-state index contributed by atoms with van der Waals surface area (Å²) >= 11 is 0. The first-order chi connectivity index (χ1) is 9.13. The second-order valence-electron chi connectivity index (χ2n) is 5.00. The van der Waals surface area contributed by atoms with E-state index in [1.54, 1.807) is 0 Å². The molecule has 0 aliphatic carbocycles. The molecule has 4 heteroatoms. The van der Waals surface area contributed by atoms with Crippen LogP contribution in [0.5, 0.6) is 0 Å². The molecular formula is C15H24N4. The lowest BCUT2D eigenvalue weighted by Gasteiger charge is -2.10. The lowest BCUT2D eigenvalue weighted by Crippen LogP contribution is -2.17. The van der Waals surface area contributed by atoms with Gasteiger partial charge < -0.3 is 9.88 Å². The topological polar surface area (TPSA) is 34.8 Å². The van der Waals surface area contributed by atoms with Gasteiger partial charge in [0.1, 0.15) is 0 Å². The summed E-state index contributed by atoms with van der Waals surface area (Å²) in [5, 5.41) is 7.92. The second kappa shape index (κ2) is 6.06. The Morgan fingerprint density at radius 2 is 2.16 bits per heavy atom. The van der Waals surface area contributed by atoms with Crippen molar-refractivity contribution in [3.05, 3.63) is 41.5 Å². The van der Waals surface area contributed by atoms with E-state index in [1.807, 2.05) is 11.7 Å². The van der Waals surface area contributed by atoms with Gasteiger partial charge in [-0.2, -0.15) is 5.10 Å². The molecule has 0 saturated heterocycles. The lowest BCUT2D eigenvalue weighted by molar-refractivity contribution is 0.595. The standard InChI is InChI=1S/C15H24N4/c1-5-14-9-15(18(4)17-14)11-19-8-7-13(10-19)12(3)16-6-2/h7-10,12,16H,5-6,11H2,1-4H3. The zero-order valence-corrected chi connectivity index (χ0v) is 12.3. The predicted octanol–water partition coefficient (Wildman–Crippen LogP) is 2.50. The van der Waals surface area contributed by atoms with Gasteiger partial charge in [0.15, 0.2) is 0 Å². The third-order valence-electron chi connectivity index (χ3n) is 3.52. The summed E-state index contributed by atoms with van der Waals surface area (Å²) in [4.78, 5) is 0. The van der Waals surface area contributed by atoms with Gasteiger partial charge in [-0.1, -0.05) is 13.8 Å². The first kappa shape index (κ1) is 13.9. The van der Waals surface area contributed by atoms with E-state index in [2.05, 4.69) is 60.3 Å². The Kier molecular flexibility index (Phi) is 4.43.